The molecule has 0 aromatic carbocycles. The molecule has 3 nitrogen and oxygen atoms in total. The maximum Gasteiger partial charge on any atom is 0.178 e. The van der Waals surface area contributed by atoms with Gasteiger partial charge < -0.3 is 0 Å². The van der Waals surface area contributed by atoms with E-state index >= 15 is 0 Å². The van der Waals surface area contributed by atoms with Gasteiger partial charge in [-0.05, 0) is 0 Å². The van der Waals surface area contributed by atoms with Crippen LogP contribution in [-0.2, 0) is 4.79 Å². The summed E-state index contributed by atoms with van der Waals surface area (Å²) >= 11 is 0. The summed E-state index contributed by atoms with van der Waals surface area (Å²) < 4.78 is 12.2. The summed E-state index contributed by atoms with van der Waals surface area (Å²) in [4.78, 5) is 17.2. The van der Waals surface area contributed by atoms with Gasteiger partial charge in [-0.1, -0.05) is 0 Å². The smallest absolute Gasteiger partial charge is 0.178 e. The van der Waals surface area contributed by atoms with Gasteiger partial charge in [-0.2, -0.15) is 0 Å². The maximum absolute atomic E-state index is 12.2. The molecule has 0 bridgehead atoms. The largest absolute Gasteiger partial charge is 0.295 e. The highest BCUT2D eigenvalue weighted by Crippen LogP contribution is 1.99. The quantitative estimate of drug-likeness (QED) is 0.468. The molecule has 4 heteroatoms. The molecule has 56 valence electrons. The summed E-state index contributed by atoms with van der Waals surface area (Å²) in [7, 11) is 0. The van der Waals surface area contributed by atoms with Crippen LogP contribution in [0, 0.1) is 0 Å². The molecule has 0 unspecified atom stereocenters. The summed E-state index contributed by atoms with van der Waals surface area (Å²) in [6.45, 7) is 0. The number of carbonyl (C=O) groups excluding carboxylic acids is 1. The molecule has 0 saturated carbocycles. The van der Waals surface area contributed by atoms with Gasteiger partial charge in [-0.25, -0.2) is 4.39 Å². The van der Waals surface area contributed by atoms with Gasteiger partial charge in [0.2, 0.25) is 0 Å². The van der Waals surface area contributed by atoms with Gasteiger partial charge in [0.1, 0.15) is 0 Å². The minimum absolute atomic E-state index is 0.120. The minimum atomic E-state index is -0.856. The highest BCUT2D eigenvalue weighted by atomic mass is 19.1. The Labute approximate surface area is 62.6 Å². The van der Waals surface area contributed by atoms with Crippen LogP contribution in [0.5, 0.6) is 0 Å². The third-order valence-corrected chi connectivity index (χ3v) is 0.982. The number of nitrogens with zero attached hydrogens (tertiary/aromatic N) is 2. The van der Waals surface area contributed by atoms with Crippen LogP contribution in [0.1, 0.15) is 5.69 Å². The van der Waals surface area contributed by atoms with Gasteiger partial charge in [0.05, 0.1) is 11.9 Å². The van der Waals surface area contributed by atoms with Crippen molar-refractivity contribution in [1.82, 2.24) is 9.97 Å². The summed E-state index contributed by atoms with van der Waals surface area (Å²) in [5.74, 6) is -0.856. The number of aromatic nitrogens is 2. The second kappa shape index (κ2) is 3.55. The van der Waals surface area contributed by atoms with Crippen molar-refractivity contribution in [1.29, 1.82) is 0 Å². The first-order chi connectivity index (χ1) is 5.33. The Hall–Kier alpha value is -1.58. The van der Waals surface area contributed by atoms with E-state index in [-0.39, 0.29) is 6.29 Å². The Kier molecular flexibility index (Phi) is 2.43. The van der Waals surface area contributed by atoms with Gasteiger partial charge >= 0.3 is 0 Å². The van der Waals surface area contributed by atoms with E-state index in [2.05, 4.69) is 9.97 Å². The molecule has 0 N–H and O–H groups in total. The minimum Gasteiger partial charge on any atom is -0.295 e. The highest BCUT2D eigenvalue weighted by molar-refractivity contribution is 5.77. The molecule has 0 atom stereocenters. The van der Waals surface area contributed by atoms with Crippen molar-refractivity contribution in [3.8, 4) is 0 Å². The summed E-state index contributed by atoms with van der Waals surface area (Å²) in [6.07, 6.45) is 5.39. The van der Waals surface area contributed by atoms with Crippen LogP contribution in [-0.4, -0.2) is 16.3 Å². The van der Waals surface area contributed by atoms with Crippen LogP contribution in [0.15, 0.2) is 24.4 Å². The normalized spacial score (nSPS) is 11.2. The highest BCUT2D eigenvalue weighted by Gasteiger charge is 1.91. The first kappa shape index (κ1) is 7.53. The maximum atomic E-state index is 12.2. The van der Waals surface area contributed by atoms with E-state index in [0.29, 0.717) is 5.69 Å². The van der Waals surface area contributed by atoms with E-state index < -0.39 is 5.83 Å². The molecule has 11 heavy (non-hydrogen) atoms. The van der Waals surface area contributed by atoms with Crippen LogP contribution < -0.4 is 0 Å². The predicted molar refractivity (Wildman–Crippen MR) is 37.2 cm³/mol. The average Bonchev–Trinajstić information content (AvgIpc) is 2.06. The third kappa shape index (κ3) is 2.25. The molecule has 0 spiro atoms. The van der Waals surface area contributed by atoms with Gasteiger partial charge in [0.25, 0.3) is 0 Å². The molecule has 1 aromatic rings. The van der Waals surface area contributed by atoms with Gasteiger partial charge in [0, 0.05) is 18.5 Å². The first-order valence-electron chi connectivity index (χ1n) is 2.91. The Morgan fingerprint density at radius 2 is 2.36 bits per heavy atom. The molecule has 0 aliphatic heterocycles. The Balaban J connectivity index is 2.87. The molecule has 1 rings (SSSR count). The second-order valence-corrected chi connectivity index (χ2v) is 1.78. The van der Waals surface area contributed by atoms with E-state index in [9.17, 15) is 9.18 Å². The first-order valence-corrected chi connectivity index (χ1v) is 2.91. The van der Waals surface area contributed by atoms with E-state index in [0.717, 1.165) is 6.08 Å². The fourth-order valence-electron chi connectivity index (χ4n) is 0.560. The number of carbonyl (C=O) groups is 1. The van der Waals surface area contributed by atoms with Crippen molar-refractivity contribution < 1.29 is 9.18 Å². The van der Waals surface area contributed by atoms with Crippen LogP contribution in [0.2, 0.25) is 0 Å². The number of allylic oxidation sites excluding steroid dienone is 1. The van der Waals surface area contributed by atoms with Crippen molar-refractivity contribution in [3.05, 3.63) is 30.1 Å². The third-order valence-electron chi connectivity index (χ3n) is 0.982. The molecular weight excluding hydrogens is 147 g/mol. The Morgan fingerprint density at radius 3 is 2.91 bits per heavy atom. The zero-order chi connectivity index (χ0) is 8.10. The Morgan fingerprint density at radius 1 is 1.55 bits per heavy atom. The monoisotopic (exact) mass is 152 g/mol. The second-order valence-electron chi connectivity index (χ2n) is 1.78. The van der Waals surface area contributed by atoms with E-state index in [1.165, 1.54) is 18.6 Å². The molecule has 0 saturated heterocycles. The van der Waals surface area contributed by atoms with E-state index in [1.807, 2.05) is 0 Å². The summed E-state index contributed by atoms with van der Waals surface area (Å²) in [5.41, 5.74) is 0.331. The lowest BCUT2D eigenvalue weighted by Gasteiger charge is -1.87. The van der Waals surface area contributed by atoms with Crippen molar-refractivity contribution in [2.24, 2.45) is 0 Å². The molecule has 0 aliphatic rings. The molecule has 1 aromatic heterocycles. The Bertz CT molecular complexity index is 271. The lowest BCUT2D eigenvalue weighted by Crippen LogP contribution is -1.82. The van der Waals surface area contributed by atoms with Crippen molar-refractivity contribution in [2.45, 2.75) is 0 Å². The fraction of sp³-hybridized carbons (Fsp3) is 0. The van der Waals surface area contributed by atoms with Gasteiger partial charge in [-0.15, -0.1) is 0 Å². The molecule has 0 aliphatic carbocycles. The van der Waals surface area contributed by atoms with E-state index in [1.54, 1.807) is 0 Å². The molecule has 0 radical (unpaired) electrons. The zero-order valence-corrected chi connectivity index (χ0v) is 5.57. The van der Waals surface area contributed by atoms with Crippen molar-refractivity contribution in [3.63, 3.8) is 0 Å². The van der Waals surface area contributed by atoms with Crippen LogP contribution in [0.3, 0.4) is 0 Å². The van der Waals surface area contributed by atoms with Crippen LogP contribution in [0.25, 0.3) is 6.08 Å². The molecular formula is C7H5FN2O. The van der Waals surface area contributed by atoms with Crippen LogP contribution in [0.4, 0.5) is 4.39 Å². The molecule has 0 fully saturated rings. The summed E-state index contributed by atoms with van der Waals surface area (Å²) in [5, 5.41) is 0. The number of aldehydes is 1. The topological polar surface area (TPSA) is 42.9 Å². The lowest BCUT2D eigenvalue weighted by atomic mass is 10.4. The number of rotatable bonds is 2. The SMILES string of the molecule is O=CC(F)=Cc1cnccn1. The zero-order valence-electron chi connectivity index (χ0n) is 5.57. The van der Waals surface area contributed by atoms with Crippen molar-refractivity contribution >= 4 is 12.4 Å². The molecule has 1 heterocycles. The van der Waals surface area contributed by atoms with Crippen LogP contribution >= 0.6 is 0 Å². The predicted octanol–water partition coefficient (Wildman–Crippen LogP) is 0.986. The average molecular weight is 152 g/mol. The van der Waals surface area contributed by atoms with Gasteiger partial charge in [0.15, 0.2) is 12.1 Å². The molecule has 0 amide bonds. The lowest BCUT2D eigenvalue weighted by molar-refractivity contribution is -0.106. The standard InChI is InChI=1S/C7H5FN2O/c8-6(5-11)3-7-4-9-1-2-10-7/h1-5H. The number of halogens is 1. The van der Waals surface area contributed by atoms with Gasteiger partial charge in [-0.3, -0.25) is 14.8 Å². The fourth-order valence-corrected chi connectivity index (χ4v) is 0.560. The summed E-state index contributed by atoms with van der Waals surface area (Å²) in [6, 6.07) is 0. The van der Waals surface area contributed by atoms with E-state index in [4.69, 9.17) is 0 Å². The number of hydrogen-bond donors (Lipinski definition) is 0. The van der Waals surface area contributed by atoms with Crippen molar-refractivity contribution in [2.75, 3.05) is 0 Å². The number of hydrogen-bond acceptors (Lipinski definition) is 3.